The lowest BCUT2D eigenvalue weighted by molar-refractivity contribution is 0.597. The summed E-state index contributed by atoms with van der Waals surface area (Å²) >= 11 is 0. The normalized spacial score (nSPS) is 11.1. The summed E-state index contributed by atoms with van der Waals surface area (Å²) in [4.78, 5) is 0.0453. The molecule has 7 nitrogen and oxygen atoms in total. The van der Waals surface area contributed by atoms with Gasteiger partial charge in [0.15, 0.2) is 5.82 Å². The number of nitrogens with two attached hydrogens (primary N) is 1. The molecule has 0 aliphatic carbocycles. The van der Waals surface area contributed by atoms with Gasteiger partial charge in [-0.2, -0.15) is 10.4 Å². The Labute approximate surface area is 141 Å². The van der Waals surface area contributed by atoms with Crippen LogP contribution in [0.4, 0.5) is 5.82 Å². The average Bonchev–Trinajstić information content (AvgIpc) is 2.58. The van der Waals surface area contributed by atoms with Gasteiger partial charge in [-0.05, 0) is 36.1 Å². The van der Waals surface area contributed by atoms with Gasteiger partial charge in [0.05, 0.1) is 10.6 Å². The number of aromatic nitrogens is 2. The van der Waals surface area contributed by atoms with E-state index in [2.05, 4.69) is 21.6 Å². The lowest BCUT2D eigenvalue weighted by atomic mass is 10.0. The number of nitrogens with one attached hydrogen (secondary N) is 1. The summed E-state index contributed by atoms with van der Waals surface area (Å²) < 4.78 is 22.8. The van der Waals surface area contributed by atoms with Crippen molar-refractivity contribution in [2.75, 3.05) is 5.32 Å². The van der Waals surface area contributed by atoms with Crippen LogP contribution in [0.2, 0.25) is 0 Å². The van der Waals surface area contributed by atoms with Crippen molar-refractivity contribution in [1.82, 2.24) is 10.2 Å². The Morgan fingerprint density at radius 3 is 2.58 bits per heavy atom. The molecule has 0 atom stereocenters. The third-order valence-electron chi connectivity index (χ3n) is 3.64. The minimum absolute atomic E-state index is 0.0453. The van der Waals surface area contributed by atoms with Crippen LogP contribution in [0, 0.1) is 11.3 Å². The molecule has 0 radical (unpaired) electrons. The highest BCUT2D eigenvalue weighted by Gasteiger charge is 2.14. The molecule has 0 amide bonds. The molecule has 0 spiro atoms. The molecule has 0 aliphatic heterocycles. The Balaban J connectivity index is 2.29. The standard InChI is InChI=1S/C16H19N5O2S/c1-3-13-14(9-17)16(21-20-15(13)4-2)19-10-11-6-5-7-12(8-11)24(18,22)23/h5-8H,3-4,10H2,1-2H3,(H,19,21)(H2,18,22,23). The summed E-state index contributed by atoms with van der Waals surface area (Å²) in [7, 11) is -3.75. The number of hydrogen-bond acceptors (Lipinski definition) is 6. The van der Waals surface area contributed by atoms with E-state index in [9.17, 15) is 13.7 Å². The minimum atomic E-state index is -3.75. The summed E-state index contributed by atoms with van der Waals surface area (Å²) in [5.41, 5.74) is 2.89. The first-order valence-electron chi connectivity index (χ1n) is 7.54. The van der Waals surface area contributed by atoms with Gasteiger partial charge >= 0.3 is 0 Å². The van der Waals surface area contributed by atoms with E-state index in [0.717, 1.165) is 11.3 Å². The van der Waals surface area contributed by atoms with E-state index >= 15 is 0 Å². The molecule has 2 aromatic rings. The number of nitrogens with zero attached hydrogens (tertiary/aromatic N) is 3. The average molecular weight is 345 g/mol. The van der Waals surface area contributed by atoms with Crippen molar-refractivity contribution < 1.29 is 8.42 Å². The Hall–Kier alpha value is -2.50. The predicted octanol–water partition coefficient (Wildman–Crippen LogP) is 1.73. The van der Waals surface area contributed by atoms with Crippen molar-refractivity contribution in [3.8, 4) is 6.07 Å². The second kappa shape index (κ2) is 7.38. The van der Waals surface area contributed by atoms with Gasteiger partial charge in [0.1, 0.15) is 11.6 Å². The Morgan fingerprint density at radius 2 is 2.00 bits per heavy atom. The number of nitriles is 1. The number of sulfonamides is 1. The van der Waals surface area contributed by atoms with E-state index in [1.807, 2.05) is 13.8 Å². The molecule has 126 valence electrons. The highest BCUT2D eigenvalue weighted by atomic mass is 32.2. The van der Waals surface area contributed by atoms with Crippen LogP contribution in [0.25, 0.3) is 0 Å². The van der Waals surface area contributed by atoms with E-state index in [4.69, 9.17) is 5.14 Å². The maximum absolute atomic E-state index is 11.4. The topological polar surface area (TPSA) is 122 Å². The number of anilines is 1. The smallest absolute Gasteiger partial charge is 0.238 e. The van der Waals surface area contributed by atoms with Gasteiger partial charge in [0, 0.05) is 6.54 Å². The molecule has 0 saturated carbocycles. The number of benzene rings is 1. The SMILES string of the molecule is CCc1nnc(NCc2cccc(S(N)(=O)=O)c2)c(C#N)c1CC. The first-order chi connectivity index (χ1) is 11.4. The zero-order valence-electron chi connectivity index (χ0n) is 13.6. The van der Waals surface area contributed by atoms with Crippen LogP contribution in [0.5, 0.6) is 0 Å². The molecular formula is C16H19N5O2S. The first-order valence-corrected chi connectivity index (χ1v) is 9.09. The fourth-order valence-electron chi connectivity index (χ4n) is 2.44. The lowest BCUT2D eigenvalue weighted by Crippen LogP contribution is -2.13. The number of rotatable bonds is 6. The van der Waals surface area contributed by atoms with Crippen molar-refractivity contribution in [2.45, 2.75) is 38.1 Å². The molecule has 3 N–H and O–H groups in total. The molecule has 24 heavy (non-hydrogen) atoms. The van der Waals surface area contributed by atoms with Gasteiger partial charge in [0.2, 0.25) is 10.0 Å². The predicted molar refractivity (Wildman–Crippen MR) is 90.6 cm³/mol. The minimum Gasteiger partial charge on any atom is -0.363 e. The second-order valence-corrected chi connectivity index (χ2v) is 6.78. The van der Waals surface area contributed by atoms with Crippen LogP contribution in [0.3, 0.4) is 0 Å². The fraction of sp³-hybridized carbons (Fsp3) is 0.312. The van der Waals surface area contributed by atoms with E-state index < -0.39 is 10.0 Å². The van der Waals surface area contributed by atoms with Crippen LogP contribution in [0.1, 0.15) is 36.2 Å². The molecule has 1 aromatic heterocycles. The molecular weight excluding hydrogens is 326 g/mol. The number of hydrogen-bond donors (Lipinski definition) is 2. The number of primary sulfonamides is 1. The largest absolute Gasteiger partial charge is 0.363 e. The van der Waals surface area contributed by atoms with Gasteiger partial charge in [0.25, 0.3) is 0 Å². The van der Waals surface area contributed by atoms with E-state index in [0.29, 0.717) is 36.3 Å². The van der Waals surface area contributed by atoms with Gasteiger partial charge < -0.3 is 5.32 Å². The molecule has 0 bridgehead atoms. The number of aryl methyl sites for hydroxylation is 1. The Bertz CT molecular complexity index is 888. The van der Waals surface area contributed by atoms with Crippen molar-refractivity contribution >= 4 is 15.8 Å². The zero-order chi connectivity index (χ0) is 17.7. The Morgan fingerprint density at radius 1 is 1.25 bits per heavy atom. The maximum atomic E-state index is 11.4. The van der Waals surface area contributed by atoms with Crippen LogP contribution >= 0.6 is 0 Å². The summed E-state index contributed by atoms with van der Waals surface area (Å²) in [6, 6.07) is 8.49. The molecule has 0 fully saturated rings. The summed E-state index contributed by atoms with van der Waals surface area (Å²) in [6.07, 6.45) is 1.40. The Kier molecular flexibility index (Phi) is 5.49. The zero-order valence-corrected chi connectivity index (χ0v) is 14.4. The van der Waals surface area contributed by atoms with Crippen LogP contribution in [0.15, 0.2) is 29.2 Å². The van der Waals surface area contributed by atoms with Crippen LogP contribution in [-0.2, 0) is 29.4 Å². The molecule has 2 rings (SSSR count). The van der Waals surface area contributed by atoms with Crippen molar-refractivity contribution in [1.29, 1.82) is 5.26 Å². The van der Waals surface area contributed by atoms with Crippen LogP contribution in [-0.4, -0.2) is 18.6 Å². The lowest BCUT2D eigenvalue weighted by Gasteiger charge is -2.12. The van der Waals surface area contributed by atoms with Gasteiger partial charge in [-0.25, -0.2) is 13.6 Å². The van der Waals surface area contributed by atoms with Gasteiger partial charge in [-0.3, -0.25) is 0 Å². The third kappa shape index (κ3) is 3.88. The van der Waals surface area contributed by atoms with E-state index in [1.54, 1.807) is 12.1 Å². The van der Waals surface area contributed by atoms with Gasteiger partial charge in [-0.1, -0.05) is 26.0 Å². The molecule has 0 saturated heterocycles. The summed E-state index contributed by atoms with van der Waals surface area (Å²) in [6.45, 7) is 4.24. The first kappa shape index (κ1) is 17.8. The van der Waals surface area contributed by atoms with Crippen molar-refractivity contribution in [3.63, 3.8) is 0 Å². The van der Waals surface area contributed by atoms with Crippen LogP contribution < -0.4 is 10.5 Å². The molecule has 8 heteroatoms. The third-order valence-corrected chi connectivity index (χ3v) is 4.56. The van der Waals surface area contributed by atoms with Crippen molar-refractivity contribution in [2.24, 2.45) is 5.14 Å². The second-order valence-electron chi connectivity index (χ2n) is 5.21. The highest BCUT2D eigenvalue weighted by molar-refractivity contribution is 7.89. The molecule has 0 aliphatic rings. The fourth-order valence-corrected chi connectivity index (χ4v) is 3.02. The van der Waals surface area contributed by atoms with Gasteiger partial charge in [-0.15, -0.1) is 5.10 Å². The maximum Gasteiger partial charge on any atom is 0.238 e. The molecule has 0 unspecified atom stereocenters. The quantitative estimate of drug-likeness (QED) is 0.822. The van der Waals surface area contributed by atoms with Crippen molar-refractivity contribution in [3.05, 3.63) is 46.6 Å². The monoisotopic (exact) mass is 345 g/mol. The molecule has 1 aromatic carbocycles. The van der Waals surface area contributed by atoms with E-state index in [-0.39, 0.29) is 4.90 Å². The summed E-state index contributed by atoms with van der Waals surface area (Å²) in [5, 5.41) is 25.9. The summed E-state index contributed by atoms with van der Waals surface area (Å²) in [5.74, 6) is 0.396. The highest BCUT2D eigenvalue weighted by Crippen LogP contribution is 2.20. The van der Waals surface area contributed by atoms with E-state index in [1.165, 1.54) is 12.1 Å². The molecule has 1 heterocycles.